The number of rotatable bonds is 5. The molecule has 132 valence electrons. The van der Waals surface area contributed by atoms with Crippen LogP contribution >= 0.6 is 11.3 Å². The Bertz CT molecular complexity index is 742. The van der Waals surface area contributed by atoms with Crippen LogP contribution in [0.25, 0.3) is 0 Å². The van der Waals surface area contributed by atoms with Crippen LogP contribution in [0.2, 0.25) is 0 Å². The minimum atomic E-state index is -0.419. The first-order chi connectivity index (χ1) is 12.0. The first-order valence-electron chi connectivity index (χ1n) is 8.39. The van der Waals surface area contributed by atoms with Crippen LogP contribution in [0.5, 0.6) is 0 Å². The fourth-order valence-corrected chi connectivity index (χ4v) is 3.98. The lowest BCUT2D eigenvalue weighted by Gasteiger charge is -2.13. The second kappa shape index (κ2) is 7.70. The molecule has 0 spiro atoms. The Balaban J connectivity index is 1.51. The van der Waals surface area contributed by atoms with E-state index < -0.39 is 5.97 Å². The highest BCUT2D eigenvalue weighted by Gasteiger charge is 2.18. The Labute approximate surface area is 151 Å². The zero-order valence-corrected chi connectivity index (χ0v) is 15.3. The number of nitrogens with zero attached hydrogens (tertiary/aromatic N) is 1. The minimum Gasteiger partial charge on any atom is -0.451 e. The van der Waals surface area contributed by atoms with Gasteiger partial charge in [0, 0.05) is 30.3 Å². The molecule has 0 aliphatic heterocycles. The van der Waals surface area contributed by atoms with Gasteiger partial charge in [0.2, 0.25) is 0 Å². The molecule has 1 aromatic heterocycles. The number of carbonyl (C=O) groups excluding carboxylic acids is 2. The van der Waals surface area contributed by atoms with Gasteiger partial charge in [-0.3, -0.25) is 4.79 Å². The lowest BCUT2D eigenvalue weighted by atomic mass is 9.99. The van der Waals surface area contributed by atoms with Gasteiger partial charge in [0.15, 0.2) is 6.61 Å². The first-order valence-corrected chi connectivity index (χ1v) is 9.20. The van der Waals surface area contributed by atoms with Crippen molar-refractivity contribution >= 4 is 34.6 Å². The molecule has 6 heteroatoms. The molecule has 0 saturated carbocycles. The number of hydrogen-bond acceptors (Lipinski definition) is 5. The summed E-state index contributed by atoms with van der Waals surface area (Å²) in [6.07, 6.45) is 4.42. The van der Waals surface area contributed by atoms with Crippen molar-refractivity contribution in [3.8, 4) is 0 Å². The van der Waals surface area contributed by atoms with Gasteiger partial charge >= 0.3 is 5.97 Å². The van der Waals surface area contributed by atoms with Crippen molar-refractivity contribution in [1.29, 1.82) is 0 Å². The average Bonchev–Trinajstić information content (AvgIpc) is 3.04. The van der Waals surface area contributed by atoms with E-state index in [0.717, 1.165) is 18.5 Å². The number of fused-ring (bicyclic) bond motifs is 1. The highest BCUT2D eigenvalue weighted by Crippen LogP contribution is 2.30. The number of anilines is 2. The van der Waals surface area contributed by atoms with E-state index in [4.69, 9.17) is 4.74 Å². The Kier molecular flexibility index (Phi) is 5.38. The number of ether oxygens (including phenoxy) is 1. The van der Waals surface area contributed by atoms with Gasteiger partial charge in [0.05, 0.1) is 0 Å². The second-order valence-corrected chi connectivity index (χ2v) is 7.47. The summed E-state index contributed by atoms with van der Waals surface area (Å²) in [5.74, 6) is -0.759. The van der Waals surface area contributed by atoms with Crippen LogP contribution in [0.3, 0.4) is 0 Å². The van der Waals surface area contributed by atoms with Crippen LogP contribution < -0.4 is 10.2 Å². The molecule has 1 amide bonds. The van der Waals surface area contributed by atoms with Crippen LogP contribution in [0.1, 0.15) is 33.0 Å². The molecule has 1 aliphatic carbocycles. The third kappa shape index (κ3) is 4.39. The predicted molar refractivity (Wildman–Crippen MR) is 101 cm³/mol. The van der Waals surface area contributed by atoms with Crippen LogP contribution in [0, 0.1) is 0 Å². The lowest BCUT2D eigenvalue weighted by molar-refractivity contribution is -0.119. The van der Waals surface area contributed by atoms with Gasteiger partial charge in [0.1, 0.15) is 4.88 Å². The number of benzene rings is 1. The zero-order valence-electron chi connectivity index (χ0n) is 14.5. The maximum absolute atomic E-state index is 12.1. The van der Waals surface area contributed by atoms with Crippen molar-refractivity contribution in [2.24, 2.45) is 0 Å². The van der Waals surface area contributed by atoms with E-state index in [-0.39, 0.29) is 12.5 Å². The quantitative estimate of drug-likeness (QED) is 0.831. The molecule has 2 aromatic rings. The number of nitrogens with one attached hydrogen (secondary N) is 1. The van der Waals surface area contributed by atoms with Crippen molar-refractivity contribution in [2.75, 3.05) is 30.9 Å². The topological polar surface area (TPSA) is 58.6 Å². The molecule has 5 nitrogen and oxygen atoms in total. The molecule has 0 unspecified atom stereocenters. The Hall–Kier alpha value is -2.34. The van der Waals surface area contributed by atoms with E-state index in [2.05, 4.69) is 5.32 Å². The Morgan fingerprint density at radius 1 is 1.16 bits per heavy atom. The van der Waals surface area contributed by atoms with Crippen molar-refractivity contribution < 1.29 is 14.3 Å². The number of amides is 1. The maximum Gasteiger partial charge on any atom is 0.348 e. The summed E-state index contributed by atoms with van der Waals surface area (Å²) in [6, 6.07) is 9.39. The van der Waals surface area contributed by atoms with E-state index in [1.807, 2.05) is 49.3 Å². The number of esters is 1. The van der Waals surface area contributed by atoms with Crippen molar-refractivity contribution in [2.45, 2.75) is 25.7 Å². The highest BCUT2D eigenvalue weighted by atomic mass is 32.1. The van der Waals surface area contributed by atoms with E-state index in [1.54, 1.807) is 0 Å². The SMILES string of the molecule is CN(C)c1ccc(NC(=O)COC(=O)c2cc3c(s2)CCCC3)cc1. The minimum absolute atomic E-state index is 0.281. The molecule has 1 heterocycles. The maximum atomic E-state index is 12.1. The molecule has 25 heavy (non-hydrogen) atoms. The molecule has 0 fully saturated rings. The predicted octanol–water partition coefficient (Wildman–Crippen LogP) is 3.49. The van der Waals surface area contributed by atoms with Gasteiger partial charge in [0.25, 0.3) is 5.91 Å². The number of hydrogen-bond donors (Lipinski definition) is 1. The van der Waals surface area contributed by atoms with E-state index >= 15 is 0 Å². The standard InChI is InChI=1S/C19H22N2O3S/c1-21(2)15-9-7-14(8-10-15)20-18(22)12-24-19(23)17-11-13-5-3-4-6-16(13)25-17/h7-11H,3-6,12H2,1-2H3,(H,20,22). The molecule has 1 aromatic carbocycles. The number of carbonyl (C=O) groups is 2. The molecular formula is C19H22N2O3S. The molecule has 0 radical (unpaired) electrons. The molecule has 0 bridgehead atoms. The summed E-state index contributed by atoms with van der Waals surface area (Å²) in [5, 5.41) is 2.73. The summed E-state index contributed by atoms with van der Waals surface area (Å²) in [4.78, 5) is 28.0. The zero-order chi connectivity index (χ0) is 17.8. The van der Waals surface area contributed by atoms with Crippen molar-refractivity contribution in [1.82, 2.24) is 0 Å². The molecule has 0 saturated heterocycles. The summed E-state index contributed by atoms with van der Waals surface area (Å²) in [5.41, 5.74) is 2.98. The molecule has 1 aliphatic rings. The van der Waals surface area contributed by atoms with Crippen molar-refractivity contribution in [3.05, 3.63) is 45.6 Å². The first kappa shape index (κ1) is 17.5. The third-order valence-electron chi connectivity index (χ3n) is 4.20. The fourth-order valence-electron chi connectivity index (χ4n) is 2.83. The number of thiophene rings is 1. The Morgan fingerprint density at radius 3 is 2.56 bits per heavy atom. The van der Waals surface area contributed by atoms with Gasteiger partial charge < -0.3 is 15.0 Å². The van der Waals surface area contributed by atoms with E-state index in [0.29, 0.717) is 10.6 Å². The van der Waals surface area contributed by atoms with Crippen LogP contribution in [0.15, 0.2) is 30.3 Å². The van der Waals surface area contributed by atoms with Gasteiger partial charge in [-0.05, 0) is 61.6 Å². The molecule has 0 atom stereocenters. The van der Waals surface area contributed by atoms with Gasteiger partial charge in [-0.15, -0.1) is 11.3 Å². The van der Waals surface area contributed by atoms with Gasteiger partial charge in [-0.25, -0.2) is 4.79 Å². The van der Waals surface area contributed by atoms with Gasteiger partial charge in [-0.2, -0.15) is 0 Å². The average molecular weight is 358 g/mol. The van der Waals surface area contributed by atoms with Crippen LogP contribution in [-0.2, 0) is 22.4 Å². The summed E-state index contributed by atoms with van der Waals surface area (Å²) in [7, 11) is 3.91. The smallest absolute Gasteiger partial charge is 0.348 e. The normalized spacial score (nSPS) is 13.0. The molecule has 3 rings (SSSR count). The van der Waals surface area contributed by atoms with Crippen LogP contribution in [0.4, 0.5) is 11.4 Å². The van der Waals surface area contributed by atoms with Crippen molar-refractivity contribution in [3.63, 3.8) is 0 Å². The highest BCUT2D eigenvalue weighted by molar-refractivity contribution is 7.14. The summed E-state index contributed by atoms with van der Waals surface area (Å²) >= 11 is 1.49. The van der Waals surface area contributed by atoms with E-state index in [9.17, 15) is 9.59 Å². The third-order valence-corrected chi connectivity index (χ3v) is 5.42. The van der Waals surface area contributed by atoms with Gasteiger partial charge in [-0.1, -0.05) is 0 Å². The largest absolute Gasteiger partial charge is 0.451 e. The summed E-state index contributed by atoms with van der Waals surface area (Å²) in [6.45, 7) is -0.281. The molecular weight excluding hydrogens is 336 g/mol. The molecule has 1 N–H and O–H groups in total. The Morgan fingerprint density at radius 2 is 1.88 bits per heavy atom. The monoisotopic (exact) mass is 358 g/mol. The summed E-state index contributed by atoms with van der Waals surface area (Å²) < 4.78 is 5.15. The van der Waals surface area contributed by atoms with E-state index in [1.165, 1.54) is 34.6 Å². The van der Waals surface area contributed by atoms with Crippen LogP contribution in [-0.4, -0.2) is 32.6 Å². The fraction of sp³-hybridized carbons (Fsp3) is 0.368. The number of aryl methyl sites for hydroxylation is 2. The second-order valence-electron chi connectivity index (χ2n) is 6.33. The lowest BCUT2D eigenvalue weighted by Crippen LogP contribution is -2.20.